The summed E-state index contributed by atoms with van der Waals surface area (Å²) in [5.41, 5.74) is -1.04. The number of halogens is 1. The molecule has 2 fully saturated rings. The number of nitrogens with zero attached hydrogens (tertiary/aromatic N) is 2. The minimum Gasteiger partial charge on any atom is -0.431 e. The Morgan fingerprint density at radius 3 is 2.42 bits per heavy atom. The molecule has 2 aliphatic rings. The Morgan fingerprint density at radius 2 is 1.82 bits per heavy atom. The van der Waals surface area contributed by atoms with Gasteiger partial charge in [-0.25, -0.2) is 0 Å². The number of aliphatic hydroxyl groups is 1. The van der Waals surface area contributed by atoms with E-state index in [0.717, 1.165) is 31.2 Å². The molecule has 0 spiro atoms. The molecular weight excluding hydrogens is 508 g/mol. The van der Waals surface area contributed by atoms with Gasteiger partial charge in [-0.3, -0.25) is 19.7 Å². The number of oxazole rings is 1. The third kappa shape index (κ3) is 5.73. The van der Waals surface area contributed by atoms with E-state index in [9.17, 15) is 19.5 Å². The van der Waals surface area contributed by atoms with Crippen molar-refractivity contribution in [1.29, 1.82) is 0 Å². The van der Waals surface area contributed by atoms with Gasteiger partial charge in [0.05, 0.1) is 5.60 Å². The molecule has 1 aromatic heterocycles. The molecule has 4 rings (SSSR count). The number of aromatic nitrogens is 1. The number of amides is 3. The Hall–Kier alpha value is -2.91. The maximum Gasteiger partial charge on any atom is 0.302 e. The van der Waals surface area contributed by atoms with Crippen molar-refractivity contribution in [1.82, 2.24) is 15.2 Å². The fourth-order valence-electron chi connectivity index (χ4n) is 5.53. The minimum absolute atomic E-state index is 0.0127. The summed E-state index contributed by atoms with van der Waals surface area (Å²) in [6, 6.07) is 6.32. The van der Waals surface area contributed by atoms with Crippen LogP contribution in [0.3, 0.4) is 0 Å². The molecule has 1 aliphatic carbocycles. The van der Waals surface area contributed by atoms with Crippen molar-refractivity contribution in [2.75, 3.05) is 18.4 Å². The van der Waals surface area contributed by atoms with Gasteiger partial charge in [0, 0.05) is 29.4 Å². The number of hydrogen-bond donors (Lipinski definition) is 3. The fraction of sp³-hybridized carbons (Fsp3) is 0.571. The second kappa shape index (κ2) is 11.1. The Morgan fingerprint density at radius 1 is 1.16 bits per heavy atom. The van der Waals surface area contributed by atoms with Crippen LogP contribution in [0.15, 0.2) is 34.9 Å². The first-order chi connectivity index (χ1) is 17.9. The molecule has 0 bridgehead atoms. The molecule has 1 aromatic carbocycles. The van der Waals surface area contributed by atoms with E-state index < -0.39 is 23.0 Å². The monoisotopic (exact) mass is 544 g/mol. The van der Waals surface area contributed by atoms with Crippen LogP contribution in [0.4, 0.5) is 6.01 Å². The SMILES string of the molecule is CC(C)[C@@H](NC(=O)c1coc(NC(=O)C2CCCC2)n1)C(=O)N1CC[C@](O)(c2ccc(Cl)cc2)C(C)(C)C1. The van der Waals surface area contributed by atoms with Crippen molar-refractivity contribution >= 4 is 35.3 Å². The Bertz CT molecular complexity index is 1170. The average molecular weight is 545 g/mol. The molecule has 3 N–H and O–H groups in total. The van der Waals surface area contributed by atoms with E-state index in [2.05, 4.69) is 15.6 Å². The lowest BCUT2D eigenvalue weighted by Gasteiger charge is -2.51. The predicted molar refractivity (Wildman–Crippen MR) is 144 cm³/mol. The number of carbonyl (C=O) groups excluding carboxylic acids is 3. The highest BCUT2D eigenvalue weighted by molar-refractivity contribution is 6.30. The summed E-state index contributed by atoms with van der Waals surface area (Å²) in [6.07, 6.45) is 5.25. The van der Waals surface area contributed by atoms with Crippen LogP contribution in [0, 0.1) is 17.3 Å². The summed E-state index contributed by atoms with van der Waals surface area (Å²) in [7, 11) is 0. The van der Waals surface area contributed by atoms with Crippen LogP contribution in [0.5, 0.6) is 0 Å². The van der Waals surface area contributed by atoms with Crippen molar-refractivity contribution in [2.45, 2.75) is 71.4 Å². The molecule has 1 saturated carbocycles. The summed E-state index contributed by atoms with van der Waals surface area (Å²) in [6.45, 7) is 8.23. The van der Waals surface area contributed by atoms with E-state index in [-0.39, 0.29) is 35.4 Å². The molecule has 2 heterocycles. The Labute approximate surface area is 228 Å². The van der Waals surface area contributed by atoms with E-state index in [4.69, 9.17) is 16.0 Å². The number of nitrogens with one attached hydrogen (secondary N) is 2. The molecule has 206 valence electrons. The third-order valence-corrected chi connectivity index (χ3v) is 8.25. The Kier molecular flexibility index (Phi) is 8.18. The van der Waals surface area contributed by atoms with Crippen molar-refractivity contribution in [3.05, 3.63) is 46.8 Å². The highest BCUT2D eigenvalue weighted by Crippen LogP contribution is 2.46. The number of benzene rings is 1. The van der Waals surface area contributed by atoms with Crippen LogP contribution in [-0.2, 0) is 15.2 Å². The van der Waals surface area contributed by atoms with Gasteiger partial charge in [0.2, 0.25) is 11.8 Å². The fourth-order valence-corrected chi connectivity index (χ4v) is 5.65. The lowest BCUT2D eigenvalue weighted by atomic mass is 9.66. The van der Waals surface area contributed by atoms with E-state index in [1.807, 2.05) is 39.8 Å². The molecule has 1 saturated heterocycles. The van der Waals surface area contributed by atoms with Crippen molar-refractivity contribution in [3.8, 4) is 0 Å². The molecule has 9 nitrogen and oxygen atoms in total. The number of carbonyl (C=O) groups is 3. The maximum atomic E-state index is 13.6. The summed E-state index contributed by atoms with van der Waals surface area (Å²) in [5.74, 6) is -1.19. The van der Waals surface area contributed by atoms with Gasteiger partial charge in [-0.15, -0.1) is 0 Å². The lowest BCUT2D eigenvalue weighted by Crippen LogP contribution is -2.60. The maximum absolute atomic E-state index is 13.6. The predicted octanol–water partition coefficient (Wildman–Crippen LogP) is 4.36. The van der Waals surface area contributed by atoms with Crippen LogP contribution < -0.4 is 10.6 Å². The van der Waals surface area contributed by atoms with E-state index in [1.165, 1.54) is 6.26 Å². The highest BCUT2D eigenvalue weighted by atomic mass is 35.5. The second-order valence-electron chi connectivity index (χ2n) is 11.5. The molecule has 2 atom stereocenters. The zero-order valence-corrected chi connectivity index (χ0v) is 23.2. The lowest BCUT2D eigenvalue weighted by molar-refractivity contribution is -0.155. The van der Waals surface area contributed by atoms with Gasteiger partial charge >= 0.3 is 6.01 Å². The number of anilines is 1. The van der Waals surface area contributed by atoms with Crippen LogP contribution in [0.25, 0.3) is 0 Å². The third-order valence-electron chi connectivity index (χ3n) is 7.99. The zero-order chi connectivity index (χ0) is 27.7. The van der Waals surface area contributed by atoms with Gasteiger partial charge < -0.3 is 19.7 Å². The average Bonchev–Trinajstić information content (AvgIpc) is 3.56. The summed E-state index contributed by atoms with van der Waals surface area (Å²) < 4.78 is 5.30. The quantitative estimate of drug-likeness (QED) is 0.476. The standard InChI is InChI=1S/C28H37ClN4O5/c1-17(2)22(31-24(35)21-15-38-26(30-21)32-23(34)18-7-5-6-8-18)25(36)33-14-13-28(37,27(3,4)16-33)19-9-11-20(29)12-10-19/h9-12,15,17-18,22,37H,5-8,13-14,16H2,1-4H3,(H,31,35)(H,30,32,34)/t22-,28+/m1/s1. The van der Waals surface area contributed by atoms with Crippen LogP contribution >= 0.6 is 11.6 Å². The van der Waals surface area contributed by atoms with Gasteiger partial charge in [0.25, 0.3) is 5.91 Å². The van der Waals surface area contributed by atoms with E-state index >= 15 is 0 Å². The summed E-state index contributed by atoms with van der Waals surface area (Å²) >= 11 is 6.03. The second-order valence-corrected chi connectivity index (χ2v) is 11.9. The van der Waals surface area contributed by atoms with Crippen LogP contribution in [0.1, 0.15) is 75.9 Å². The van der Waals surface area contributed by atoms with Gasteiger partial charge in [-0.05, 0) is 42.9 Å². The topological polar surface area (TPSA) is 125 Å². The smallest absolute Gasteiger partial charge is 0.302 e. The Balaban J connectivity index is 1.41. The van der Waals surface area contributed by atoms with Crippen molar-refractivity contribution in [3.63, 3.8) is 0 Å². The molecule has 2 aromatic rings. The molecule has 38 heavy (non-hydrogen) atoms. The highest BCUT2D eigenvalue weighted by Gasteiger charge is 2.50. The molecule has 0 radical (unpaired) electrons. The number of hydrogen-bond acceptors (Lipinski definition) is 6. The van der Waals surface area contributed by atoms with Gasteiger partial charge in [-0.1, -0.05) is 64.3 Å². The molecule has 3 amide bonds. The van der Waals surface area contributed by atoms with Crippen molar-refractivity contribution in [2.24, 2.45) is 17.3 Å². The first-order valence-corrected chi connectivity index (χ1v) is 13.6. The van der Waals surface area contributed by atoms with E-state index in [1.54, 1.807) is 17.0 Å². The molecule has 0 unspecified atom stereocenters. The zero-order valence-electron chi connectivity index (χ0n) is 22.4. The molecular formula is C28H37ClN4O5. The van der Waals surface area contributed by atoms with Crippen LogP contribution in [0.2, 0.25) is 5.02 Å². The van der Waals surface area contributed by atoms with Crippen molar-refractivity contribution < 1.29 is 23.9 Å². The molecule has 1 aliphatic heterocycles. The summed E-state index contributed by atoms with van der Waals surface area (Å²) in [5, 5.41) is 17.7. The minimum atomic E-state index is -1.13. The normalized spacial score (nSPS) is 22.3. The molecule has 10 heteroatoms. The number of likely N-dealkylation sites (tertiary alicyclic amines) is 1. The number of piperidine rings is 1. The van der Waals surface area contributed by atoms with Gasteiger partial charge in [0.15, 0.2) is 5.69 Å². The first-order valence-electron chi connectivity index (χ1n) is 13.3. The first kappa shape index (κ1) is 28.1. The summed E-state index contributed by atoms with van der Waals surface area (Å²) in [4.78, 5) is 44.7. The van der Waals surface area contributed by atoms with Gasteiger partial charge in [-0.2, -0.15) is 4.98 Å². The van der Waals surface area contributed by atoms with E-state index in [0.29, 0.717) is 24.5 Å². The van der Waals surface area contributed by atoms with Gasteiger partial charge in [0.1, 0.15) is 12.3 Å². The largest absolute Gasteiger partial charge is 0.431 e. The number of rotatable bonds is 7. The van der Waals surface area contributed by atoms with Crippen LogP contribution in [-0.4, -0.2) is 51.8 Å².